The molecule has 4 aromatic rings. The highest BCUT2D eigenvalue weighted by molar-refractivity contribution is 6.27. The second-order valence-electron chi connectivity index (χ2n) is 7.51. The normalized spacial score (nSPS) is 14.5. The number of cyclic esters (lactones) is 2. The quantitative estimate of drug-likeness (QED) is 0.290. The molecule has 4 heteroatoms. The monoisotopic (exact) mass is 378 g/mol. The lowest BCUT2D eigenvalue weighted by atomic mass is 9.89. The molecule has 138 valence electrons. The van der Waals surface area contributed by atoms with E-state index in [1.807, 2.05) is 24.3 Å². The van der Waals surface area contributed by atoms with Crippen molar-refractivity contribution in [2.75, 3.05) is 0 Å². The highest BCUT2D eigenvalue weighted by Crippen LogP contribution is 2.36. The first-order valence-corrected chi connectivity index (χ1v) is 9.54. The van der Waals surface area contributed by atoms with Crippen LogP contribution in [0.1, 0.15) is 47.8 Å². The Labute approximate surface area is 165 Å². The fourth-order valence-electron chi connectivity index (χ4n) is 4.73. The van der Waals surface area contributed by atoms with E-state index in [2.05, 4.69) is 6.07 Å². The number of ether oxygens (including phenoxy) is 1. The zero-order valence-corrected chi connectivity index (χ0v) is 15.3. The minimum absolute atomic E-state index is 0.115. The Kier molecular flexibility index (Phi) is 3.13. The van der Waals surface area contributed by atoms with Crippen LogP contribution in [-0.2, 0) is 17.6 Å². The van der Waals surface area contributed by atoms with Crippen molar-refractivity contribution in [2.24, 2.45) is 0 Å². The van der Waals surface area contributed by atoms with Gasteiger partial charge in [0.05, 0.1) is 11.1 Å². The molecule has 0 amide bonds. The summed E-state index contributed by atoms with van der Waals surface area (Å²) in [4.78, 5) is 37.9. The van der Waals surface area contributed by atoms with Gasteiger partial charge in [-0.2, -0.15) is 0 Å². The average Bonchev–Trinajstić information content (AvgIpc) is 3.16. The minimum atomic E-state index is -0.678. The molecule has 0 saturated carbocycles. The van der Waals surface area contributed by atoms with Crippen LogP contribution in [0.3, 0.4) is 0 Å². The lowest BCUT2D eigenvalue weighted by molar-refractivity contribution is 0.0391. The van der Waals surface area contributed by atoms with E-state index in [9.17, 15) is 14.4 Å². The van der Waals surface area contributed by atoms with Crippen molar-refractivity contribution in [3.05, 3.63) is 94.0 Å². The van der Waals surface area contributed by atoms with E-state index in [1.165, 1.54) is 16.5 Å². The summed E-state index contributed by atoms with van der Waals surface area (Å²) in [5.41, 5.74) is 4.29. The Balaban J connectivity index is 1.63. The van der Waals surface area contributed by atoms with Gasteiger partial charge in [-0.1, -0.05) is 42.5 Å². The zero-order valence-electron chi connectivity index (χ0n) is 15.3. The Bertz CT molecular complexity index is 1400. The zero-order chi connectivity index (χ0) is 19.7. The number of rotatable bonds is 2. The van der Waals surface area contributed by atoms with Crippen molar-refractivity contribution >= 4 is 39.3 Å². The third kappa shape index (κ3) is 2.11. The van der Waals surface area contributed by atoms with Gasteiger partial charge in [-0.25, -0.2) is 9.59 Å². The van der Waals surface area contributed by atoms with Crippen LogP contribution in [0.2, 0.25) is 0 Å². The molecule has 4 aromatic carbocycles. The largest absolute Gasteiger partial charge is 0.386 e. The summed E-state index contributed by atoms with van der Waals surface area (Å²) >= 11 is 0. The summed E-state index contributed by atoms with van der Waals surface area (Å²) in [5.74, 6) is -1.47. The van der Waals surface area contributed by atoms with Gasteiger partial charge in [-0.05, 0) is 58.3 Å². The third-order valence-corrected chi connectivity index (χ3v) is 6.03. The molecule has 0 atom stereocenters. The van der Waals surface area contributed by atoms with Crippen LogP contribution in [0.15, 0.2) is 60.7 Å². The molecular weight excluding hydrogens is 364 g/mol. The molecule has 0 N–H and O–H groups in total. The van der Waals surface area contributed by atoms with E-state index in [0.717, 1.165) is 18.2 Å². The highest BCUT2D eigenvalue weighted by atomic mass is 16.6. The summed E-state index contributed by atoms with van der Waals surface area (Å²) < 4.78 is 4.82. The van der Waals surface area contributed by atoms with Crippen molar-refractivity contribution in [1.82, 2.24) is 0 Å². The Hall–Kier alpha value is -3.79. The molecule has 0 saturated heterocycles. The van der Waals surface area contributed by atoms with Crippen LogP contribution in [-0.4, -0.2) is 17.7 Å². The topological polar surface area (TPSA) is 60.4 Å². The number of carbonyl (C=O) groups excluding carboxylic acids is 3. The molecule has 29 heavy (non-hydrogen) atoms. The Morgan fingerprint density at radius 1 is 0.655 bits per heavy atom. The van der Waals surface area contributed by atoms with Crippen molar-refractivity contribution in [3.63, 3.8) is 0 Å². The van der Waals surface area contributed by atoms with Crippen LogP contribution in [0.4, 0.5) is 0 Å². The highest BCUT2D eigenvalue weighted by Gasteiger charge is 2.29. The molecule has 1 heterocycles. The molecule has 1 aliphatic carbocycles. The van der Waals surface area contributed by atoms with E-state index in [-0.39, 0.29) is 5.78 Å². The molecule has 6 rings (SSSR count). The summed E-state index contributed by atoms with van der Waals surface area (Å²) in [7, 11) is 0. The molecule has 1 aliphatic heterocycles. The summed E-state index contributed by atoms with van der Waals surface area (Å²) in [6, 6.07) is 18.4. The van der Waals surface area contributed by atoms with E-state index in [4.69, 9.17) is 4.74 Å². The van der Waals surface area contributed by atoms with Gasteiger partial charge in [-0.3, -0.25) is 4.79 Å². The van der Waals surface area contributed by atoms with Crippen LogP contribution in [0.5, 0.6) is 0 Å². The van der Waals surface area contributed by atoms with Crippen LogP contribution >= 0.6 is 0 Å². The molecule has 4 nitrogen and oxygen atoms in total. The maximum Gasteiger partial charge on any atom is 0.346 e. The second-order valence-corrected chi connectivity index (χ2v) is 7.51. The van der Waals surface area contributed by atoms with Gasteiger partial charge in [0.25, 0.3) is 0 Å². The third-order valence-electron chi connectivity index (χ3n) is 6.03. The van der Waals surface area contributed by atoms with Gasteiger partial charge in [0.1, 0.15) is 0 Å². The molecule has 0 radical (unpaired) electrons. The first kappa shape index (κ1) is 16.2. The van der Waals surface area contributed by atoms with Gasteiger partial charge >= 0.3 is 11.9 Å². The lowest BCUT2D eigenvalue weighted by Crippen LogP contribution is -2.20. The summed E-state index contributed by atoms with van der Waals surface area (Å²) in [5, 5.41) is 3.22. The molecule has 0 aromatic heterocycles. The van der Waals surface area contributed by atoms with Gasteiger partial charge in [0, 0.05) is 16.5 Å². The van der Waals surface area contributed by atoms with Gasteiger partial charge in [0.2, 0.25) is 0 Å². The van der Waals surface area contributed by atoms with Crippen LogP contribution < -0.4 is 0 Å². The molecule has 0 unspecified atom stereocenters. The standard InChI is InChI=1S/C25H14O4/c26-23(17-10-9-14-8-7-13-3-1-4-15(17)21(13)14)18-11-12-20-22-16(18)5-2-6-19(22)24(27)29-25(20)28/h1-6,9-12H,7-8H2. The number of hydrogen-bond donors (Lipinski definition) is 0. The smallest absolute Gasteiger partial charge is 0.346 e. The average molecular weight is 378 g/mol. The fraction of sp³-hybridized carbons (Fsp3) is 0.0800. The van der Waals surface area contributed by atoms with Crippen molar-refractivity contribution in [3.8, 4) is 0 Å². The number of carbonyl (C=O) groups is 3. The van der Waals surface area contributed by atoms with E-state index in [1.54, 1.807) is 30.3 Å². The van der Waals surface area contributed by atoms with Gasteiger partial charge in [0.15, 0.2) is 5.78 Å². The number of benzene rings is 4. The predicted molar refractivity (Wildman–Crippen MR) is 108 cm³/mol. The number of esters is 2. The Morgan fingerprint density at radius 2 is 1.24 bits per heavy atom. The van der Waals surface area contributed by atoms with Gasteiger partial charge in [-0.15, -0.1) is 0 Å². The Morgan fingerprint density at radius 3 is 2.00 bits per heavy atom. The first-order chi connectivity index (χ1) is 14.1. The molecule has 0 fully saturated rings. The van der Waals surface area contributed by atoms with Gasteiger partial charge < -0.3 is 4.74 Å². The second kappa shape index (κ2) is 5.61. The van der Waals surface area contributed by atoms with E-state index < -0.39 is 11.9 Å². The van der Waals surface area contributed by atoms with Crippen molar-refractivity contribution in [2.45, 2.75) is 12.8 Å². The van der Waals surface area contributed by atoms with E-state index >= 15 is 0 Å². The van der Waals surface area contributed by atoms with E-state index in [0.29, 0.717) is 33.0 Å². The predicted octanol–water partition coefficient (Wildman–Crippen LogP) is 4.63. The van der Waals surface area contributed by atoms with Crippen LogP contribution in [0.25, 0.3) is 21.5 Å². The maximum atomic E-state index is 13.6. The summed E-state index contributed by atoms with van der Waals surface area (Å²) in [6.07, 6.45) is 1.99. The molecule has 0 spiro atoms. The number of ketones is 1. The lowest BCUT2D eigenvalue weighted by Gasteiger charge is -2.17. The van der Waals surface area contributed by atoms with Crippen LogP contribution in [0, 0.1) is 0 Å². The minimum Gasteiger partial charge on any atom is -0.386 e. The van der Waals surface area contributed by atoms with Crippen molar-refractivity contribution in [1.29, 1.82) is 0 Å². The number of hydrogen-bond acceptors (Lipinski definition) is 4. The molecular formula is C25H14O4. The SMILES string of the molecule is O=C(c1ccc2c3c(cccc13)CC2)c1ccc2c3c(cccc13)C(=O)OC2=O. The molecule has 2 aliphatic rings. The summed E-state index contributed by atoms with van der Waals surface area (Å²) in [6.45, 7) is 0. The van der Waals surface area contributed by atoms with Crippen molar-refractivity contribution < 1.29 is 19.1 Å². The maximum absolute atomic E-state index is 13.6. The number of aryl methyl sites for hydroxylation is 2. The fourth-order valence-corrected chi connectivity index (χ4v) is 4.73. The first-order valence-electron chi connectivity index (χ1n) is 9.54. The molecule has 0 bridgehead atoms.